The summed E-state index contributed by atoms with van der Waals surface area (Å²) in [6.45, 7) is 10.5. The molecule has 0 saturated carbocycles. The zero-order chi connectivity index (χ0) is 48.2. The first-order valence-corrected chi connectivity index (χ1v) is 23.2. The standard InChI is InChI=1S/2C26H33N5O3/c2*1-18-17-31(12-11-30(18)2)22-9-6-20(7-10-22)26(32)27-25-15-21(28-29-25)8-5-19-13-23(33-3)16-24(14-19)34-4/h2*6-7,9-10,13-16,18H,5,8,11-12,17H2,1-4H3,(H2,27,28,29,32)/t2*18-/m00/s1. The molecule has 6 aromatic rings. The van der Waals surface area contributed by atoms with Gasteiger partial charge in [0, 0.05) is 110 Å². The average molecular weight is 927 g/mol. The molecule has 0 unspecified atom stereocenters. The normalized spacial score (nSPS) is 16.4. The largest absolute Gasteiger partial charge is 0.497 e. The number of hydrogen-bond acceptors (Lipinski definition) is 12. The number of H-pyrrole nitrogens is 2. The van der Waals surface area contributed by atoms with Crippen LogP contribution in [0.25, 0.3) is 0 Å². The number of anilines is 4. The van der Waals surface area contributed by atoms with Gasteiger partial charge in [-0.05, 0) is 138 Å². The molecular formula is C52H66N10O6. The van der Waals surface area contributed by atoms with Crippen molar-refractivity contribution in [3.05, 3.63) is 131 Å². The highest BCUT2D eigenvalue weighted by Crippen LogP contribution is 2.26. The number of benzene rings is 4. The van der Waals surface area contributed by atoms with Crippen LogP contribution in [-0.4, -0.2) is 136 Å². The third-order valence-electron chi connectivity index (χ3n) is 12.8. The smallest absolute Gasteiger partial charge is 0.256 e. The van der Waals surface area contributed by atoms with Crippen LogP contribution in [0.4, 0.5) is 23.0 Å². The summed E-state index contributed by atoms with van der Waals surface area (Å²) < 4.78 is 21.4. The highest BCUT2D eigenvalue weighted by molar-refractivity contribution is 6.04. The van der Waals surface area contributed by atoms with Crippen LogP contribution in [-0.2, 0) is 25.7 Å². The van der Waals surface area contributed by atoms with Crippen LogP contribution < -0.4 is 39.4 Å². The van der Waals surface area contributed by atoms with Gasteiger partial charge in [-0.15, -0.1) is 0 Å². The molecule has 360 valence electrons. The summed E-state index contributed by atoms with van der Waals surface area (Å²) in [4.78, 5) is 34.9. The Bertz CT molecular complexity index is 2360. The second kappa shape index (κ2) is 23.1. The molecule has 2 aliphatic rings. The van der Waals surface area contributed by atoms with E-state index in [1.165, 1.54) is 0 Å². The maximum absolute atomic E-state index is 12.7. The van der Waals surface area contributed by atoms with Gasteiger partial charge in [-0.1, -0.05) is 0 Å². The van der Waals surface area contributed by atoms with Crippen molar-refractivity contribution in [3.63, 3.8) is 0 Å². The van der Waals surface area contributed by atoms with Crippen LogP contribution in [0.5, 0.6) is 23.0 Å². The molecule has 4 heterocycles. The number of likely N-dealkylation sites (N-methyl/N-ethyl adjacent to an activating group) is 2. The van der Waals surface area contributed by atoms with Gasteiger partial charge < -0.3 is 49.2 Å². The first-order valence-electron chi connectivity index (χ1n) is 23.2. The molecule has 2 fully saturated rings. The number of nitrogens with zero attached hydrogens (tertiary/aromatic N) is 6. The molecule has 0 spiro atoms. The number of methoxy groups -OCH3 is 4. The summed E-state index contributed by atoms with van der Waals surface area (Å²) in [7, 11) is 10.9. The summed E-state index contributed by atoms with van der Waals surface area (Å²) in [5.41, 5.74) is 7.60. The van der Waals surface area contributed by atoms with E-state index in [4.69, 9.17) is 18.9 Å². The molecular weight excluding hydrogens is 861 g/mol. The molecule has 16 heteroatoms. The van der Waals surface area contributed by atoms with Gasteiger partial charge in [0.25, 0.3) is 11.8 Å². The molecule has 2 amide bonds. The van der Waals surface area contributed by atoms with Crippen molar-refractivity contribution >= 4 is 34.8 Å². The van der Waals surface area contributed by atoms with Crippen LogP contribution >= 0.6 is 0 Å². The fourth-order valence-corrected chi connectivity index (χ4v) is 8.28. The fourth-order valence-electron chi connectivity index (χ4n) is 8.28. The van der Waals surface area contributed by atoms with E-state index in [0.717, 1.165) is 122 Å². The second-order valence-corrected chi connectivity index (χ2v) is 17.6. The third kappa shape index (κ3) is 13.1. The number of aryl methyl sites for hydroxylation is 4. The zero-order valence-electron chi connectivity index (χ0n) is 40.6. The van der Waals surface area contributed by atoms with Crippen molar-refractivity contribution in [3.8, 4) is 23.0 Å². The Kier molecular flexibility index (Phi) is 16.6. The fraction of sp³-hybridized carbons (Fsp3) is 0.385. The number of rotatable bonds is 16. The predicted octanol–water partition coefficient (Wildman–Crippen LogP) is 7.21. The maximum Gasteiger partial charge on any atom is 0.256 e. The van der Waals surface area contributed by atoms with Gasteiger partial charge in [0.05, 0.1) is 28.4 Å². The minimum Gasteiger partial charge on any atom is -0.497 e. The van der Waals surface area contributed by atoms with Crippen molar-refractivity contribution in [2.45, 2.75) is 51.6 Å². The highest BCUT2D eigenvalue weighted by Gasteiger charge is 2.23. The van der Waals surface area contributed by atoms with Crippen molar-refractivity contribution < 1.29 is 28.5 Å². The Morgan fingerprint density at radius 1 is 0.529 bits per heavy atom. The number of aromatic amines is 2. The lowest BCUT2D eigenvalue weighted by Crippen LogP contribution is -2.50. The van der Waals surface area contributed by atoms with Crippen LogP contribution in [0.2, 0.25) is 0 Å². The van der Waals surface area contributed by atoms with Gasteiger partial charge in [0.1, 0.15) is 23.0 Å². The zero-order valence-corrected chi connectivity index (χ0v) is 40.6. The Morgan fingerprint density at radius 3 is 1.21 bits per heavy atom. The summed E-state index contributed by atoms with van der Waals surface area (Å²) in [6, 6.07) is 32.0. The van der Waals surface area contributed by atoms with E-state index >= 15 is 0 Å². The lowest BCUT2D eigenvalue weighted by atomic mass is 10.1. The first kappa shape index (κ1) is 48.9. The lowest BCUT2D eigenvalue weighted by Gasteiger charge is -2.39. The van der Waals surface area contributed by atoms with Gasteiger partial charge in [-0.3, -0.25) is 19.8 Å². The van der Waals surface area contributed by atoms with Crippen LogP contribution in [0, 0.1) is 0 Å². The minimum absolute atomic E-state index is 0.172. The van der Waals surface area contributed by atoms with Gasteiger partial charge >= 0.3 is 0 Å². The quantitative estimate of drug-likeness (QED) is 0.0773. The van der Waals surface area contributed by atoms with E-state index in [-0.39, 0.29) is 11.8 Å². The van der Waals surface area contributed by atoms with Crippen molar-refractivity contribution in [1.82, 2.24) is 30.2 Å². The molecule has 0 bridgehead atoms. The minimum atomic E-state index is -0.172. The molecule has 4 N–H and O–H groups in total. The van der Waals surface area contributed by atoms with Gasteiger partial charge in [-0.2, -0.15) is 10.2 Å². The molecule has 4 aromatic carbocycles. The monoisotopic (exact) mass is 927 g/mol. The Morgan fingerprint density at radius 2 is 0.882 bits per heavy atom. The topological polar surface area (TPSA) is 165 Å². The van der Waals surface area contributed by atoms with E-state index in [2.05, 4.69) is 78.6 Å². The number of amides is 2. The molecule has 2 atom stereocenters. The molecule has 2 aliphatic heterocycles. The number of piperazine rings is 2. The molecule has 8 rings (SSSR count). The van der Waals surface area contributed by atoms with E-state index in [9.17, 15) is 9.59 Å². The number of carbonyl (C=O) groups is 2. The van der Waals surface area contributed by atoms with E-state index in [1.807, 2.05) is 97.1 Å². The van der Waals surface area contributed by atoms with E-state index in [0.29, 0.717) is 34.8 Å². The number of hydrogen-bond donors (Lipinski definition) is 4. The molecule has 68 heavy (non-hydrogen) atoms. The molecule has 0 radical (unpaired) electrons. The van der Waals surface area contributed by atoms with E-state index in [1.54, 1.807) is 28.4 Å². The van der Waals surface area contributed by atoms with Gasteiger partial charge in [0.15, 0.2) is 11.6 Å². The number of nitrogens with one attached hydrogen (secondary N) is 4. The van der Waals surface area contributed by atoms with Crippen molar-refractivity contribution in [2.24, 2.45) is 0 Å². The summed E-state index contributed by atoms with van der Waals surface area (Å²) >= 11 is 0. The van der Waals surface area contributed by atoms with E-state index < -0.39 is 0 Å². The summed E-state index contributed by atoms with van der Waals surface area (Å²) in [6.07, 6.45) is 3.07. The number of aromatic nitrogens is 4. The van der Waals surface area contributed by atoms with Crippen molar-refractivity contribution in [1.29, 1.82) is 0 Å². The first-order chi connectivity index (χ1) is 32.9. The lowest BCUT2D eigenvalue weighted by molar-refractivity contribution is 0.101. The molecule has 2 aromatic heterocycles. The molecule has 2 saturated heterocycles. The summed E-state index contributed by atoms with van der Waals surface area (Å²) in [5, 5.41) is 20.3. The Hall–Kier alpha value is -7.04. The Labute approximate surface area is 399 Å². The van der Waals surface area contributed by atoms with Crippen LogP contribution in [0.3, 0.4) is 0 Å². The average Bonchev–Trinajstić information content (AvgIpc) is 4.03. The van der Waals surface area contributed by atoms with Gasteiger partial charge in [-0.25, -0.2) is 0 Å². The number of carbonyl (C=O) groups excluding carboxylic acids is 2. The SMILES string of the molecule is COc1cc(CCc2cc(NC(=O)c3ccc(N4CCN(C)[C@@H](C)C4)cc3)n[nH]2)cc(OC)c1.COc1cc(CCc2cc(NC(=O)c3ccc(N4CCN(C)[C@@H](C)C4)cc3)n[nH]2)cc(OC)c1. The van der Waals surface area contributed by atoms with Crippen LogP contribution in [0.15, 0.2) is 97.1 Å². The van der Waals surface area contributed by atoms with Crippen LogP contribution in [0.1, 0.15) is 57.1 Å². The molecule has 16 nitrogen and oxygen atoms in total. The third-order valence-corrected chi connectivity index (χ3v) is 12.8. The Balaban J connectivity index is 0.000000201. The highest BCUT2D eigenvalue weighted by atomic mass is 16.5. The molecule has 0 aliphatic carbocycles. The van der Waals surface area contributed by atoms with Crippen molar-refractivity contribution in [2.75, 3.05) is 102 Å². The predicted molar refractivity (Wildman–Crippen MR) is 268 cm³/mol. The second-order valence-electron chi connectivity index (χ2n) is 17.6. The van der Waals surface area contributed by atoms with Gasteiger partial charge in [0.2, 0.25) is 0 Å². The number of ether oxygens (including phenoxy) is 4. The summed E-state index contributed by atoms with van der Waals surface area (Å²) in [5.74, 6) is 3.74. The maximum atomic E-state index is 12.7.